The van der Waals surface area contributed by atoms with Gasteiger partial charge in [-0.3, -0.25) is 0 Å². The van der Waals surface area contributed by atoms with Crippen LogP contribution in [0.4, 0.5) is 20.3 Å². The lowest BCUT2D eigenvalue weighted by atomic mass is 10.3. The van der Waals surface area contributed by atoms with Crippen LogP contribution in [0.15, 0.2) is 39.4 Å². The summed E-state index contributed by atoms with van der Waals surface area (Å²) in [7, 11) is 0. The van der Waals surface area contributed by atoms with Crippen molar-refractivity contribution in [3.05, 3.63) is 51.0 Å². The van der Waals surface area contributed by atoms with Gasteiger partial charge in [-0.25, -0.2) is 13.8 Å². The summed E-state index contributed by atoms with van der Waals surface area (Å²) in [5, 5.41) is 2.77. The Bertz CT molecular complexity index is 512. The van der Waals surface area contributed by atoms with Crippen molar-refractivity contribution >= 4 is 43.4 Å². The number of benzene rings is 1. The molecule has 0 bridgehead atoms. The van der Waals surface area contributed by atoms with Crippen LogP contribution in [0.2, 0.25) is 0 Å². The van der Waals surface area contributed by atoms with Gasteiger partial charge in [0.1, 0.15) is 17.5 Å². The third-order valence-corrected chi connectivity index (χ3v) is 3.03. The summed E-state index contributed by atoms with van der Waals surface area (Å²) in [6, 6.07) is 5.09. The molecule has 0 aliphatic heterocycles. The van der Waals surface area contributed by atoms with Gasteiger partial charge in [-0.2, -0.15) is 0 Å². The zero-order valence-corrected chi connectivity index (χ0v) is 11.5. The van der Waals surface area contributed by atoms with Crippen LogP contribution in [0, 0.1) is 11.6 Å². The van der Waals surface area contributed by atoms with E-state index in [-0.39, 0.29) is 5.69 Å². The maximum Gasteiger partial charge on any atom is 0.149 e. The Balaban J connectivity index is 2.31. The molecule has 0 radical (unpaired) electrons. The summed E-state index contributed by atoms with van der Waals surface area (Å²) in [5.74, 6) is -0.823. The number of anilines is 2. The van der Waals surface area contributed by atoms with Crippen molar-refractivity contribution in [2.45, 2.75) is 0 Å². The van der Waals surface area contributed by atoms with Crippen molar-refractivity contribution in [3.63, 3.8) is 0 Å². The van der Waals surface area contributed by atoms with Crippen LogP contribution in [0.1, 0.15) is 0 Å². The number of hydrogen-bond donors (Lipinski definition) is 1. The van der Waals surface area contributed by atoms with Gasteiger partial charge in [0.25, 0.3) is 0 Å². The lowest BCUT2D eigenvalue weighted by Crippen LogP contribution is -1.97. The van der Waals surface area contributed by atoms with E-state index in [9.17, 15) is 8.78 Å². The minimum atomic E-state index is -0.665. The van der Waals surface area contributed by atoms with Crippen LogP contribution >= 0.6 is 31.9 Å². The average molecular weight is 364 g/mol. The molecule has 0 amide bonds. The lowest BCUT2D eigenvalue weighted by molar-refractivity contribution is 0.586. The topological polar surface area (TPSA) is 24.9 Å². The van der Waals surface area contributed by atoms with E-state index in [0.717, 1.165) is 10.5 Å². The number of nitrogens with one attached hydrogen (secondary N) is 1. The number of rotatable bonds is 2. The molecule has 0 saturated heterocycles. The van der Waals surface area contributed by atoms with Gasteiger partial charge in [-0.05, 0) is 50.1 Å². The molecule has 0 spiro atoms. The molecular formula is C11H6Br2F2N2. The van der Waals surface area contributed by atoms with Crippen LogP contribution in [0.5, 0.6) is 0 Å². The van der Waals surface area contributed by atoms with E-state index >= 15 is 0 Å². The Kier molecular flexibility index (Phi) is 3.73. The molecule has 2 nitrogen and oxygen atoms in total. The zero-order chi connectivity index (χ0) is 12.4. The van der Waals surface area contributed by atoms with Crippen LogP contribution in [0.25, 0.3) is 0 Å². The highest BCUT2D eigenvalue weighted by Gasteiger charge is 2.07. The number of aromatic nitrogens is 1. The Labute approximate surface area is 113 Å². The SMILES string of the molecule is Fc1ccc(Nc2ncc(Br)cc2Br)c(F)c1. The van der Waals surface area contributed by atoms with Gasteiger partial charge < -0.3 is 5.32 Å². The number of nitrogens with zero attached hydrogens (tertiary/aromatic N) is 1. The minimum absolute atomic E-state index is 0.168. The van der Waals surface area contributed by atoms with E-state index in [1.165, 1.54) is 12.1 Å². The van der Waals surface area contributed by atoms with Gasteiger partial charge in [0.15, 0.2) is 0 Å². The summed E-state index contributed by atoms with van der Waals surface area (Å²) in [6.45, 7) is 0. The number of halogens is 4. The Morgan fingerprint density at radius 3 is 2.53 bits per heavy atom. The molecule has 1 aromatic heterocycles. The maximum atomic E-state index is 13.4. The van der Waals surface area contributed by atoms with Crippen molar-refractivity contribution in [2.24, 2.45) is 0 Å². The fraction of sp³-hybridized carbons (Fsp3) is 0. The van der Waals surface area contributed by atoms with Crippen molar-refractivity contribution in [1.82, 2.24) is 4.98 Å². The van der Waals surface area contributed by atoms with Crippen LogP contribution < -0.4 is 5.32 Å². The number of hydrogen-bond acceptors (Lipinski definition) is 2. The highest BCUT2D eigenvalue weighted by Crippen LogP contribution is 2.27. The predicted molar refractivity (Wildman–Crippen MR) is 69.3 cm³/mol. The molecule has 2 rings (SSSR count). The summed E-state index contributed by atoms with van der Waals surface area (Å²) in [5.41, 5.74) is 0.168. The fourth-order valence-electron chi connectivity index (χ4n) is 1.22. The molecule has 1 aromatic carbocycles. The van der Waals surface area contributed by atoms with Crippen LogP contribution in [-0.4, -0.2) is 4.98 Å². The molecule has 0 saturated carbocycles. The smallest absolute Gasteiger partial charge is 0.149 e. The normalized spacial score (nSPS) is 10.4. The Hall–Kier alpha value is -1.01. The summed E-state index contributed by atoms with van der Waals surface area (Å²) in [6.07, 6.45) is 1.58. The predicted octanol–water partition coefficient (Wildman–Crippen LogP) is 4.63. The zero-order valence-electron chi connectivity index (χ0n) is 8.35. The molecule has 17 heavy (non-hydrogen) atoms. The highest BCUT2D eigenvalue weighted by molar-refractivity contribution is 9.11. The molecule has 0 fully saturated rings. The standard InChI is InChI=1S/C11H6Br2F2N2/c12-6-3-8(13)11(16-5-6)17-10-2-1-7(14)4-9(10)15/h1-5H,(H,16,17). The van der Waals surface area contributed by atoms with E-state index in [1.54, 1.807) is 12.3 Å². The molecule has 88 valence electrons. The second-order valence-electron chi connectivity index (χ2n) is 3.23. The van der Waals surface area contributed by atoms with Gasteiger partial charge in [0.05, 0.1) is 10.2 Å². The summed E-state index contributed by atoms with van der Waals surface area (Å²) >= 11 is 6.55. The summed E-state index contributed by atoms with van der Waals surface area (Å²) in [4.78, 5) is 4.07. The first-order valence-corrected chi connectivity index (χ1v) is 6.18. The van der Waals surface area contributed by atoms with E-state index in [4.69, 9.17) is 0 Å². The molecule has 0 atom stereocenters. The Morgan fingerprint density at radius 2 is 1.88 bits per heavy atom. The van der Waals surface area contributed by atoms with Crippen molar-refractivity contribution in [1.29, 1.82) is 0 Å². The number of pyridine rings is 1. The second kappa shape index (κ2) is 5.10. The van der Waals surface area contributed by atoms with Crippen LogP contribution in [0.3, 0.4) is 0 Å². The lowest BCUT2D eigenvalue weighted by Gasteiger charge is -2.08. The monoisotopic (exact) mass is 362 g/mol. The summed E-state index contributed by atoms with van der Waals surface area (Å²) < 4.78 is 27.6. The van der Waals surface area contributed by atoms with E-state index in [2.05, 4.69) is 42.2 Å². The van der Waals surface area contributed by atoms with Crippen molar-refractivity contribution < 1.29 is 8.78 Å². The van der Waals surface area contributed by atoms with Gasteiger partial charge in [-0.1, -0.05) is 0 Å². The molecular weight excluding hydrogens is 358 g/mol. The average Bonchev–Trinajstić information content (AvgIpc) is 2.25. The molecule has 1 N–H and O–H groups in total. The molecule has 0 aliphatic rings. The van der Waals surface area contributed by atoms with E-state index < -0.39 is 11.6 Å². The van der Waals surface area contributed by atoms with Crippen molar-refractivity contribution in [2.75, 3.05) is 5.32 Å². The Morgan fingerprint density at radius 1 is 1.12 bits per heavy atom. The third-order valence-electron chi connectivity index (χ3n) is 1.99. The fourth-order valence-corrected chi connectivity index (χ4v) is 2.31. The van der Waals surface area contributed by atoms with E-state index in [0.29, 0.717) is 10.3 Å². The molecule has 2 aromatic rings. The largest absolute Gasteiger partial charge is 0.337 e. The molecule has 1 heterocycles. The molecule has 6 heteroatoms. The minimum Gasteiger partial charge on any atom is -0.337 e. The highest BCUT2D eigenvalue weighted by atomic mass is 79.9. The first-order valence-electron chi connectivity index (χ1n) is 4.59. The second-order valence-corrected chi connectivity index (χ2v) is 5.00. The molecule has 0 aliphatic carbocycles. The van der Waals surface area contributed by atoms with Gasteiger partial charge in [-0.15, -0.1) is 0 Å². The quantitative estimate of drug-likeness (QED) is 0.841. The van der Waals surface area contributed by atoms with Gasteiger partial charge in [0, 0.05) is 16.7 Å². The van der Waals surface area contributed by atoms with Crippen LogP contribution in [-0.2, 0) is 0 Å². The first-order chi connectivity index (χ1) is 8.06. The first kappa shape index (κ1) is 12.4. The van der Waals surface area contributed by atoms with Crippen molar-refractivity contribution in [3.8, 4) is 0 Å². The van der Waals surface area contributed by atoms with Gasteiger partial charge in [0.2, 0.25) is 0 Å². The third kappa shape index (κ3) is 3.01. The maximum absolute atomic E-state index is 13.4. The van der Waals surface area contributed by atoms with Gasteiger partial charge >= 0.3 is 0 Å². The molecule has 0 unspecified atom stereocenters. The van der Waals surface area contributed by atoms with E-state index in [1.807, 2.05) is 0 Å².